The van der Waals surface area contributed by atoms with Crippen molar-refractivity contribution in [1.82, 2.24) is 10.5 Å². The first-order chi connectivity index (χ1) is 15.9. The van der Waals surface area contributed by atoms with Gasteiger partial charge in [-0.25, -0.2) is 0 Å². The van der Waals surface area contributed by atoms with Crippen molar-refractivity contribution in [2.24, 2.45) is 0 Å². The van der Waals surface area contributed by atoms with Gasteiger partial charge in [-0.3, -0.25) is 9.69 Å². The van der Waals surface area contributed by atoms with Crippen molar-refractivity contribution in [2.75, 3.05) is 24.4 Å². The number of carbonyl (C=O) groups excluding carboxylic acids is 1. The Morgan fingerprint density at radius 1 is 1.09 bits per heavy atom. The molecule has 1 aliphatic rings. The Bertz CT molecular complexity index is 1240. The van der Waals surface area contributed by atoms with Gasteiger partial charge in [-0.1, -0.05) is 35.5 Å². The highest BCUT2D eigenvalue weighted by Gasteiger charge is 2.37. The van der Waals surface area contributed by atoms with Gasteiger partial charge in [0.15, 0.2) is 10.9 Å². The van der Waals surface area contributed by atoms with Crippen molar-refractivity contribution >= 4 is 34.7 Å². The van der Waals surface area contributed by atoms with Crippen LogP contribution < -0.4 is 25.0 Å². The Balaban J connectivity index is 1.86. The molecule has 0 unspecified atom stereocenters. The molecule has 1 aliphatic heterocycles. The number of anilines is 2. The van der Waals surface area contributed by atoms with E-state index >= 15 is 0 Å². The molecule has 1 amide bonds. The van der Waals surface area contributed by atoms with E-state index in [1.807, 2.05) is 55.5 Å². The maximum absolute atomic E-state index is 13.6. The number of hydrogen-bond donors (Lipinski definition) is 2. The average Bonchev–Trinajstić information content (AvgIpc) is 3.23. The van der Waals surface area contributed by atoms with Crippen molar-refractivity contribution in [2.45, 2.75) is 19.9 Å². The van der Waals surface area contributed by atoms with Crippen LogP contribution in [0.3, 0.4) is 0 Å². The van der Waals surface area contributed by atoms with Crippen LogP contribution in [0.4, 0.5) is 11.5 Å². The van der Waals surface area contributed by atoms with E-state index in [1.54, 1.807) is 32.1 Å². The molecule has 1 atom stereocenters. The summed E-state index contributed by atoms with van der Waals surface area (Å²) >= 11 is 5.75. The van der Waals surface area contributed by atoms with Crippen molar-refractivity contribution in [3.05, 3.63) is 77.2 Å². The average molecular weight is 465 g/mol. The molecule has 3 aromatic rings. The normalized spacial score (nSPS) is 15.8. The van der Waals surface area contributed by atoms with Gasteiger partial charge in [0.25, 0.3) is 5.91 Å². The molecule has 170 valence electrons. The standard InChI is InChI=1S/C24H24N4O4S/c1-14-13-20(27-32-14)25-23(29)21-15(2)28(17-10-6-8-12-19(17)31-4)24(33)26-22(21)16-9-5-7-11-18(16)30-3/h5-13,22H,1-4H3,(H,26,33)(H,25,27,29)/t22-/m1/s1. The summed E-state index contributed by atoms with van der Waals surface area (Å²) in [4.78, 5) is 15.4. The second-order valence-electron chi connectivity index (χ2n) is 7.41. The number of nitrogens with one attached hydrogen (secondary N) is 2. The SMILES string of the molecule is COc1ccccc1[C@H]1NC(=S)N(c2ccccc2OC)C(C)=C1C(=O)Nc1cc(C)on1. The maximum atomic E-state index is 13.6. The molecule has 9 heteroatoms. The Morgan fingerprint density at radius 3 is 2.42 bits per heavy atom. The predicted octanol–water partition coefficient (Wildman–Crippen LogP) is 4.35. The monoisotopic (exact) mass is 464 g/mol. The van der Waals surface area contributed by atoms with E-state index in [1.165, 1.54) is 0 Å². The summed E-state index contributed by atoms with van der Waals surface area (Å²) in [6.45, 7) is 3.61. The number of allylic oxidation sites excluding steroid dienone is 1. The highest BCUT2D eigenvalue weighted by Crippen LogP contribution is 2.39. The van der Waals surface area contributed by atoms with Crippen LogP contribution in [0, 0.1) is 6.92 Å². The van der Waals surface area contributed by atoms with Crippen LogP contribution in [0.5, 0.6) is 11.5 Å². The Kier molecular flexibility index (Phi) is 6.32. The fourth-order valence-corrected chi connectivity index (χ4v) is 4.24. The maximum Gasteiger partial charge on any atom is 0.257 e. The summed E-state index contributed by atoms with van der Waals surface area (Å²) in [6, 6.07) is 16.1. The Morgan fingerprint density at radius 2 is 1.76 bits per heavy atom. The number of thiocarbonyl (C=S) groups is 1. The zero-order chi connectivity index (χ0) is 23.5. The first-order valence-electron chi connectivity index (χ1n) is 10.3. The van der Waals surface area contributed by atoms with Crippen LogP contribution in [0.25, 0.3) is 0 Å². The van der Waals surface area contributed by atoms with Crippen LogP contribution >= 0.6 is 12.2 Å². The molecular weight excluding hydrogens is 440 g/mol. The second kappa shape index (κ2) is 9.33. The van der Waals surface area contributed by atoms with Gasteiger partial charge in [0.1, 0.15) is 17.3 Å². The minimum absolute atomic E-state index is 0.327. The molecule has 0 saturated carbocycles. The molecule has 0 bridgehead atoms. The number of amides is 1. The molecule has 2 heterocycles. The van der Waals surface area contributed by atoms with Gasteiger partial charge >= 0.3 is 0 Å². The number of aromatic nitrogens is 1. The molecule has 0 aliphatic carbocycles. The third kappa shape index (κ3) is 4.27. The van der Waals surface area contributed by atoms with Gasteiger partial charge < -0.3 is 24.6 Å². The van der Waals surface area contributed by atoms with E-state index in [0.717, 1.165) is 11.3 Å². The van der Waals surface area contributed by atoms with E-state index in [4.69, 9.17) is 26.2 Å². The van der Waals surface area contributed by atoms with Crippen LogP contribution in [0.2, 0.25) is 0 Å². The van der Waals surface area contributed by atoms with Gasteiger partial charge in [0.05, 0.1) is 31.5 Å². The first kappa shape index (κ1) is 22.3. The van der Waals surface area contributed by atoms with Crippen LogP contribution in [-0.2, 0) is 4.79 Å². The summed E-state index contributed by atoms with van der Waals surface area (Å²) in [7, 11) is 3.19. The molecule has 2 aromatic carbocycles. The Hall–Kier alpha value is -3.85. The lowest BCUT2D eigenvalue weighted by molar-refractivity contribution is -0.113. The fraction of sp³-hybridized carbons (Fsp3) is 0.208. The summed E-state index contributed by atoms with van der Waals surface area (Å²) in [6.07, 6.45) is 0. The van der Waals surface area contributed by atoms with Gasteiger partial charge in [0.2, 0.25) is 0 Å². The topological polar surface area (TPSA) is 88.9 Å². The lowest BCUT2D eigenvalue weighted by Crippen LogP contribution is -2.48. The summed E-state index contributed by atoms with van der Waals surface area (Å²) in [5, 5.41) is 10.5. The Labute approximate surface area is 197 Å². The lowest BCUT2D eigenvalue weighted by atomic mass is 9.93. The third-order valence-electron chi connectivity index (χ3n) is 5.37. The molecule has 0 saturated heterocycles. The minimum atomic E-state index is -0.549. The molecule has 1 aromatic heterocycles. The van der Waals surface area contributed by atoms with E-state index in [9.17, 15) is 4.79 Å². The summed E-state index contributed by atoms with van der Waals surface area (Å²) in [5.41, 5.74) is 2.61. The largest absolute Gasteiger partial charge is 0.496 e. The molecule has 2 N–H and O–H groups in total. The minimum Gasteiger partial charge on any atom is -0.496 e. The quantitative estimate of drug-likeness (QED) is 0.521. The van der Waals surface area contributed by atoms with Crippen LogP contribution in [0.1, 0.15) is 24.3 Å². The van der Waals surface area contributed by atoms with Gasteiger partial charge in [-0.2, -0.15) is 0 Å². The number of methoxy groups -OCH3 is 2. The van der Waals surface area contributed by atoms with Gasteiger partial charge in [0, 0.05) is 17.3 Å². The number of rotatable bonds is 6. The zero-order valence-electron chi connectivity index (χ0n) is 18.7. The van der Waals surface area contributed by atoms with Crippen molar-refractivity contribution in [1.29, 1.82) is 0 Å². The zero-order valence-corrected chi connectivity index (χ0v) is 19.5. The molecule has 33 heavy (non-hydrogen) atoms. The summed E-state index contributed by atoms with van der Waals surface area (Å²) < 4.78 is 16.2. The predicted molar refractivity (Wildman–Crippen MR) is 130 cm³/mol. The number of aryl methyl sites for hydroxylation is 1. The van der Waals surface area contributed by atoms with E-state index in [2.05, 4.69) is 15.8 Å². The number of carbonyl (C=O) groups is 1. The van der Waals surface area contributed by atoms with Gasteiger partial charge in [-0.15, -0.1) is 0 Å². The fourth-order valence-electron chi connectivity index (χ4n) is 3.89. The van der Waals surface area contributed by atoms with Crippen molar-refractivity contribution in [3.8, 4) is 11.5 Å². The lowest BCUT2D eigenvalue weighted by Gasteiger charge is -2.38. The molecule has 4 rings (SSSR count). The highest BCUT2D eigenvalue weighted by molar-refractivity contribution is 7.80. The first-order valence-corrected chi connectivity index (χ1v) is 10.7. The van der Waals surface area contributed by atoms with Crippen LogP contribution in [0.15, 0.2) is 70.4 Å². The van der Waals surface area contributed by atoms with Crippen molar-refractivity contribution in [3.63, 3.8) is 0 Å². The molecular formula is C24H24N4O4S. The third-order valence-corrected chi connectivity index (χ3v) is 5.68. The number of hydrogen-bond acceptors (Lipinski definition) is 6. The van der Waals surface area contributed by atoms with Gasteiger partial charge in [-0.05, 0) is 44.3 Å². The smallest absolute Gasteiger partial charge is 0.257 e. The second-order valence-corrected chi connectivity index (χ2v) is 7.79. The summed E-state index contributed by atoms with van der Waals surface area (Å²) in [5.74, 6) is 1.85. The van der Waals surface area contributed by atoms with Crippen LogP contribution in [-0.4, -0.2) is 30.4 Å². The van der Waals surface area contributed by atoms with Crippen molar-refractivity contribution < 1.29 is 18.8 Å². The van der Waals surface area contributed by atoms with E-state index < -0.39 is 6.04 Å². The molecule has 0 spiro atoms. The highest BCUT2D eigenvalue weighted by atomic mass is 32.1. The number of benzene rings is 2. The van der Waals surface area contributed by atoms with E-state index in [0.29, 0.717) is 39.5 Å². The molecule has 8 nitrogen and oxygen atoms in total. The number of nitrogens with zero attached hydrogens (tertiary/aromatic N) is 2. The number of ether oxygens (including phenoxy) is 2. The number of para-hydroxylation sites is 3. The molecule has 0 radical (unpaired) electrons. The molecule has 0 fully saturated rings. The van der Waals surface area contributed by atoms with E-state index in [-0.39, 0.29) is 5.91 Å².